The van der Waals surface area contributed by atoms with Gasteiger partial charge in [0.15, 0.2) is 5.65 Å². The molecule has 0 bridgehead atoms. The molecule has 90 valence electrons. The lowest BCUT2D eigenvalue weighted by Crippen LogP contribution is -1.96. The van der Waals surface area contributed by atoms with Gasteiger partial charge in [0.25, 0.3) is 0 Å². The first-order chi connectivity index (χ1) is 8.78. The van der Waals surface area contributed by atoms with Gasteiger partial charge in [0.05, 0.1) is 5.69 Å². The van der Waals surface area contributed by atoms with Crippen LogP contribution in [0.5, 0.6) is 0 Å². The number of benzene rings is 1. The number of aryl methyl sites for hydroxylation is 1. The average Bonchev–Trinajstić information content (AvgIpc) is 2.84. The molecule has 0 saturated heterocycles. The monoisotopic (exact) mass is 257 g/mol. The normalized spacial score (nSPS) is 11.0. The molecule has 1 aromatic carbocycles. The maximum Gasteiger partial charge on any atom is 0.157 e. The number of aromatic nitrogens is 3. The minimum atomic E-state index is 0.596. The third kappa shape index (κ3) is 1.87. The Bertz CT molecular complexity index is 689. The van der Waals surface area contributed by atoms with E-state index in [0.717, 1.165) is 29.0 Å². The number of fused-ring (bicyclic) bond motifs is 1. The summed E-state index contributed by atoms with van der Waals surface area (Å²) in [5.74, 6) is 0. The van der Waals surface area contributed by atoms with Crippen LogP contribution in [0.15, 0.2) is 42.5 Å². The van der Waals surface area contributed by atoms with Crippen LogP contribution in [-0.2, 0) is 6.42 Å². The van der Waals surface area contributed by atoms with Crippen molar-refractivity contribution in [2.24, 2.45) is 0 Å². The molecule has 0 fully saturated rings. The Balaban J connectivity index is 2.20. The van der Waals surface area contributed by atoms with Gasteiger partial charge in [-0.05, 0) is 12.5 Å². The number of nitrogens with zero attached hydrogens (tertiary/aromatic N) is 3. The number of hydrogen-bond donors (Lipinski definition) is 0. The van der Waals surface area contributed by atoms with Crippen molar-refractivity contribution >= 4 is 17.2 Å². The zero-order valence-corrected chi connectivity index (χ0v) is 10.7. The predicted octanol–water partition coefficient (Wildman–Crippen LogP) is 3.61. The number of hydrogen-bond acceptors (Lipinski definition) is 2. The standard InChI is InChI=1S/C14H12ClN3/c1-2-11-8-13(15)18-14(16-11)9-12(17-18)10-6-4-3-5-7-10/h3-9H,2H2,1H3. The van der Waals surface area contributed by atoms with Gasteiger partial charge in [0.2, 0.25) is 0 Å². The molecule has 0 amide bonds. The summed E-state index contributed by atoms with van der Waals surface area (Å²) in [6, 6.07) is 13.8. The molecule has 3 aromatic rings. The first-order valence-corrected chi connectivity index (χ1v) is 6.26. The molecule has 18 heavy (non-hydrogen) atoms. The maximum atomic E-state index is 6.20. The van der Waals surface area contributed by atoms with E-state index in [0.29, 0.717) is 5.15 Å². The van der Waals surface area contributed by atoms with Gasteiger partial charge in [-0.15, -0.1) is 0 Å². The van der Waals surface area contributed by atoms with Crippen molar-refractivity contribution in [3.8, 4) is 11.3 Å². The fourth-order valence-corrected chi connectivity index (χ4v) is 2.17. The van der Waals surface area contributed by atoms with Gasteiger partial charge in [0, 0.05) is 17.3 Å². The smallest absolute Gasteiger partial charge is 0.157 e. The van der Waals surface area contributed by atoms with Crippen molar-refractivity contribution in [3.05, 3.63) is 53.3 Å². The van der Waals surface area contributed by atoms with Crippen molar-refractivity contribution in [2.45, 2.75) is 13.3 Å². The summed E-state index contributed by atoms with van der Waals surface area (Å²) in [6.07, 6.45) is 0.863. The molecule has 3 nitrogen and oxygen atoms in total. The SMILES string of the molecule is CCc1cc(Cl)n2nc(-c3ccccc3)cc2n1. The van der Waals surface area contributed by atoms with Gasteiger partial charge in [-0.1, -0.05) is 48.9 Å². The molecular weight excluding hydrogens is 246 g/mol. The van der Waals surface area contributed by atoms with Crippen LogP contribution in [-0.4, -0.2) is 14.6 Å². The second-order valence-corrected chi connectivity index (χ2v) is 4.48. The Kier molecular flexibility index (Phi) is 2.76. The molecule has 0 saturated carbocycles. The number of halogens is 1. The summed E-state index contributed by atoms with van der Waals surface area (Å²) in [5, 5.41) is 5.08. The highest BCUT2D eigenvalue weighted by Gasteiger charge is 2.08. The highest BCUT2D eigenvalue weighted by atomic mass is 35.5. The number of rotatable bonds is 2. The fourth-order valence-electron chi connectivity index (χ4n) is 1.92. The Morgan fingerprint density at radius 3 is 2.67 bits per heavy atom. The third-order valence-electron chi connectivity index (χ3n) is 2.87. The Hall–Kier alpha value is -1.87. The molecule has 0 aliphatic carbocycles. The van der Waals surface area contributed by atoms with E-state index in [4.69, 9.17) is 11.6 Å². The first kappa shape index (κ1) is 11.2. The highest BCUT2D eigenvalue weighted by Crippen LogP contribution is 2.21. The van der Waals surface area contributed by atoms with E-state index in [-0.39, 0.29) is 0 Å². The van der Waals surface area contributed by atoms with Gasteiger partial charge in [-0.2, -0.15) is 5.10 Å². The highest BCUT2D eigenvalue weighted by molar-refractivity contribution is 6.29. The summed E-state index contributed by atoms with van der Waals surface area (Å²) in [5.41, 5.74) is 3.72. The first-order valence-electron chi connectivity index (χ1n) is 5.88. The third-order valence-corrected chi connectivity index (χ3v) is 3.14. The van der Waals surface area contributed by atoms with Crippen LogP contribution in [0.1, 0.15) is 12.6 Å². The Morgan fingerprint density at radius 2 is 1.94 bits per heavy atom. The largest absolute Gasteiger partial charge is 0.233 e. The van der Waals surface area contributed by atoms with Gasteiger partial charge in [0.1, 0.15) is 5.15 Å². The molecule has 0 atom stereocenters. The van der Waals surface area contributed by atoms with E-state index in [1.165, 1.54) is 0 Å². The lowest BCUT2D eigenvalue weighted by molar-refractivity contribution is 0.916. The lowest BCUT2D eigenvalue weighted by Gasteiger charge is -1.99. The summed E-state index contributed by atoms with van der Waals surface area (Å²) in [6.45, 7) is 2.06. The Morgan fingerprint density at radius 1 is 1.17 bits per heavy atom. The average molecular weight is 258 g/mol. The fraction of sp³-hybridized carbons (Fsp3) is 0.143. The van der Waals surface area contributed by atoms with E-state index in [1.807, 2.05) is 42.5 Å². The van der Waals surface area contributed by atoms with Crippen LogP contribution in [0.2, 0.25) is 5.15 Å². The molecule has 0 aliphatic heterocycles. The van der Waals surface area contributed by atoms with Crippen LogP contribution < -0.4 is 0 Å². The molecular formula is C14H12ClN3. The van der Waals surface area contributed by atoms with Crippen LogP contribution in [0.4, 0.5) is 0 Å². The van der Waals surface area contributed by atoms with Crippen molar-refractivity contribution in [1.82, 2.24) is 14.6 Å². The molecule has 0 N–H and O–H groups in total. The molecule has 2 heterocycles. The lowest BCUT2D eigenvalue weighted by atomic mass is 10.2. The molecule has 2 aromatic heterocycles. The minimum absolute atomic E-state index is 0.596. The van der Waals surface area contributed by atoms with Crippen molar-refractivity contribution in [2.75, 3.05) is 0 Å². The summed E-state index contributed by atoms with van der Waals surface area (Å²) < 4.78 is 1.67. The molecule has 0 radical (unpaired) electrons. The minimum Gasteiger partial charge on any atom is -0.233 e. The molecule has 0 aliphatic rings. The molecule has 0 unspecified atom stereocenters. The molecule has 4 heteroatoms. The van der Waals surface area contributed by atoms with Crippen molar-refractivity contribution in [1.29, 1.82) is 0 Å². The van der Waals surface area contributed by atoms with Gasteiger partial charge >= 0.3 is 0 Å². The molecule has 3 rings (SSSR count). The van der Waals surface area contributed by atoms with E-state index in [2.05, 4.69) is 17.0 Å². The predicted molar refractivity (Wildman–Crippen MR) is 72.8 cm³/mol. The van der Waals surface area contributed by atoms with E-state index >= 15 is 0 Å². The van der Waals surface area contributed by atoms with E-state index < -0.39 is 0 Å². The second-order valence-electron chi connectivity index (χ2n) is 4.09. The summed E-state index contributed by atoms with van der Waals surface area (Å²) >= 11 is 6.20. The Labute approximate surface area is 110 Å². The quantitative estimate of drug-likeness (QED) is 0.657. The van der Waals surface area contributed by atoms with Gasteiger partial charge < -0.3 is 0 Å². The van der Waals surface area contributed by atoms with Crippen molar-refractivity contribution < 1.29 is 0 Å². The van der Waals surface area contributed by atoms with Crippen LogP contribution in [0.25, 0.3) is 16.9 Å². The van der Waals surface area contributed by atoms with E-state index in [1.54, 1.807) is 4.52 Å². The molecule has 0 spiro atoms. The maximum absolute atomic E-state index is 6.20. The van der Waals surface area contributed by atoms with Crippen molar-refractivity contribution in [3.63, 3.8) is 0 Å². The second kappa shape index (κ2) is 4.42. The topological polar surface area (TPSA) is 30.2 Å². The van der Waals surface area contributed by atoms with Crippen LogP contribution in [0.3, 0.4) is 0 Å². The van der Waals surface area contributed by atoms with E-state index in [9.17, 15) is 0 Å². The zero-order chi connectivity index (χ0) is 12.5. The van der Waals surface area contributed by atoms with Gasteiger partial charge in [-0.25, -0.2) is 9.50 Å². The van der Waals surface area contributed by atoms with Gasteiger partial charge in [-0.3, -0.25) is 0 Å². The summed E-state index contributed by atoms with van der Waals surface area (Å²) in [7, 11) is 0. The summed E-state index contributed by atoms with van der Waals surface area (Å²) in [4.78, 5) is 4.52. The van der Waals surface area contributed by atoms with Crippen LogP contribution >= 0.6 is 11.6 Å². The van der Waals surface area contributed by atoms with Crippen LogP contribution in [0, 0.1) is 0 Å². The zero-order valence-electron chi connectivity index (χ0n) is 9.97.